The molecule has 162 valence electrons. The van der Waals surface area contributed by atoms with E-state index in [2.05, 4.69) is 5.32 Å². The Morgan fingerprint density at radius 1 is 1.10 bits per heavy atom. The van der Waals surface area contributed by atoms with Gasteiger partial charge >= 0.3 is 0 Å². The molecule has 2 unspecified atom stereocenters. The first-order valence-electron chi connectivity index (χ1n) is 9.94. The molecule has 7 heteroatoms. The summed E-state index contributed by atoms with van der Waals surface area (Å²) in [6.45, 7) is 7.61. The van der Waals surface area contributed by atoms with Crippen molar-refractivity contribution in [3.05, 3.63) is 63.6 Å². The lowest BCUT2D eigenvalue weighted by Crippen LogP contribution is -2.50. The zero-order chi connectivity index (χ0) is 22.3. The summed E-state index contributed by atoms with van der Waals surface area (Å²) in [5.41, 5.74) is 1.81. The first-order valence-corrected chi connectivity index (χ1v) is 10.7. The number of amides is 2. The Balaban J connectivity index is 2.18. The number of rotatable bonds is 9. The van der Waals surface area contributed by atoms with E-state index in [0.29, 0.717) is 15.8 Å². The molecule has 30 heavy (non-hydrogen) atoms. The number of aryl methyl sites for hydroxylation is 1. The third-order valence-corrected chi connectivity index (χ3v) is 5.60. The highest BCUT2D eigenvalue weighted by Crippen LogP contribution is 2.24. The smallest absolute Gasteiger partial charge is 0.261 e. The maximum Gasteiger partial charge on any atom is 0.261 e. The number of ether oxygens (including phenoxy) is 1. The predicted octanol–water partition coefficient (Wildman–Crippen LogP) is 5.01. The highest BCUT2D eigenvalue weighted by molar-refractivity contribution is 6.42. The van der Waals surface area contributed by atoms with E-state index in [1.807, 2.05) is 39.0 Å². The van der Waals surface area contributed by atoms with Gasteiger partial charge in [0, 0.05) is 12.6 Å². The van der Waals surface area contributed by atoms with E-state index in [9.17, 15) is 9.59 Å². The molecule has 0 saturated carbocycles. The van der Waals surface area contributed by atoms with Crippen LogP contribution in [-0.4, -0.2) is 35.4 Å². The second kappa shape index (κ2) is 11.2. The van der Waals surface area contributed by atoms with E-state index in [1.54, 1.807) is 31.2 Å². The van der Waals surface area contributed by atoms with Gasteiger partial charge in [-0.25, -0.2) is 0 Å². The van der Waals surface area contributed by atoms with E-state index in [4.69, 9.17) is 27.9 Å². The highest BCUT2D eigenvalue weighted by atomic mass is 35.5. The molecule has 2 rings (SSSR count). The van der Waals surface area contributed by atoms with Crippen molar-refractivity contribution in [2.75, 3.05) is 6.61 Å². The summed E-state index contributed by atoms with van der Waals surface area (Å²) in [5.74, 6) is 0.0947. The number of halogens is 2. The van der Waals surface area contributed by atoms with Crippen LogP contribution in [0.2, 0.25) is 10.0 Å². The SMILES string of the molecule is CCC(C)NC(=O)C(C)N(Cc1ccc(Cl)c(Cl)c1)C(=O)COc1cccc(C)c1. The minimum absolute atomic E-state index is 0.0189. The molecule has 0 heterocycles. The number of nitrogens with one attached hydrogen (secondary N) is 1. The van der Waals surface area contributed by atoms with Crippen LogP contribution in [0.25, 0.3) is 0 Å². The summed E-state index contributed by atoms with van der Waals surface area (Å²) in [6, 6.07) is 12.0. The number of benzene rings is 2. The van der Waals surface area contributed by atoms with Gasteiger partial charge in [-0.05, 0) is 62.6 Å². The second-order valence-corrected chi connectivity index (χ2v) is 8.18. The van der Waals surface area contributed by atoms with Gasteiger partial charge in [0.25, 0.3) is 5.91 Å². The van der Waals surface area contributed by atoms with Crippen molar-refractivity contribution in [1.29, 1.82) is 0 Å². The number of hydrogen-bond donors (Lipinski definition) is 1. The summed E-state index contributed by atoms with van der Waals surface area (Å²) in [5, 5.41) is 3.76. The fourth-order valence-corrected chi connectivity index (χ4v) is 3.14. The van der Waals surface area contributed by atoms with E-state index < -0.39 is 6.04 Å². The molecule has 0 fully saturated rings. The first kappa shape index (κ1) is 24.0. The number of carbonyl (C=O) groups is 2. The topological polar surface area (TPSA) is 58.6 Å². The molecule has 0 aromatic heterocycles. The third-order valence-electron chi connectivity index (χ3n) is 4.86. The minimum Gasteiger partial charge on any atom is -0.484 e. The molecule has 0 radical (unpaired) electrons. The molecule has 0 aliphatic rings. The van der Waals surface area contributed by atoms with Crippen molar-refractivity contribution in [3.63, 3.8) is 0 Å². The zero-order valence-corrected chi connectivity index (χ0v) is 19.3. The minimum atomic E-state index is -0.679. The maximum absolute atomic E-state index is 13.0. The lowest BCUT2D eigenvalue weighted by Gasteiger charge is -2.29. The molecule has 0 saturated heterocycles. The van der Waals surface area contributed by atoms with Gasteiger partial charge in [-0.2, -0.15) is 0 Å². The third kappa shape index (κ3) is 6.92. The first-order chi connectivity index (χ1) is 14.2. The lowest BCUT2D eigenvalue weighted by molar-refractivity contribution is -0.142. The quantitative estimate of drug-likeness (QED) is 0.583. The van der Waals surface area contributed by atoms with Crippen molar-refractivity contribution in [1.82, 2.24) is 10.2 Å². The number of nitrogens with zero attached hydrogens (tertiary/aromatic N) is 1. The fraction of sp³-hybridized carbons (Fsp3) is 0.391. The Hall–Kier alpha value is -2.24. The van der Waals surface area contributed by atoms with Crippen LogP contribution in [0.1, 0.15) is 38.3 Å². The van der Waals surface area contributed by atoms with Gasteiger partial charge < -0.3 is 15.0 Å². The van der Waals surface area contributed by atoms with Gasteiger partial charge in [-0.3, -0.25) is 9.59 Å². The average molecular weight is 451 g/mol. The van der Waals surface area contributed by atoms with Crippen molar-refractivity contribution in [2.45, 2.75) is 52.7 Å². The van der Waals surface area contributed by atoms with E-state index in [1.165, 1.54) is 4.90 Å². The van der Waals surface area contributed by atoms with E-state index in [-0.39, 0.29) is 31.0 Å². The van der Waals surface area contributed by atoms with Crippen LogP contribution in [0, 0.1) is 6.92 Å². The number of carbonyl (C=O) groups excluding carboxylic acids is 2. The number of hydrogen-bond acceptors (Lipinski definition) is 3. The molecule has 5 nitrogen and oxygen atoms in total. The van der Waals surface area contributed by atoms with Crippen LogP contribution >= 0.6 is 23.2 Å². The zero-order valence-electron chi connectivity index (χ0n) is 17.7. The monoisotopic (exact) mass is 450 g/mol. The average Bonchev–Trinajstić information content (AvgIpc) is 2.72. The lowest BCUT2D eigenvalue weighted by atomic mass is 10.1. The van der Waals surface area contributed by atoms with Crippen molar-refractivity contribution in [2.24, 2.45) is 0 Å². The summed E-state index contributed by atoms with van der Waals surface area (Å²) in [7, 11) is 0. The van der Waals surface area contributed by atoms with Crippen LogP contribution < -0.4 is 10.1 Å². The van der Waals surface area contributed by atoms with Crippen LogP contribution in [0.3, 0.4) is 0 Å². The Morgan fingerprint density at radius 2 is 1.83 bits per heavy atom. The molecule has 0 spiro atoms. The molecular formula is C23H28Cl2N2O3. The Morgan fingerprint density at radius 3 is 2.47 bits per heavy atom. The normalized spacial score (nSPS) is 12.7. The molecular weight excluding hydrogens is 423 g/mol. The van der Waals surface area contributed by atoms with Gasteiger partial charge in [-0.15, -0.1) is 0 Å². The van der Waals surface area contributed by atoms with Crippen molar-refractivity contribution in [3.8, 4) is 5.75 Å². The van der Waals surface area contributed by atoms with Crippen LogP contribution in [-0.2, 0) is 16.1 Å². The molecule has 1 N–H and O–H groups in total. The van der Waals surface area contributed by atoms with Gasteiger partial charge in [0.15, 0.2) is 6.61 Å². The van der Waals surface area contributed by atoms with Gasteiger partial charge in [0.05, 0.1) is 10.0 Å². The highest BCUT2D eigenvalue weighted by Gasteiger charge is 2.27. The van der Waals surface area contributed by atoms with Gasteiger partial charge in [-0.1, -0.05) is 48.3 Å². The van der Waals surface area contributed by atoms with Crippen LogP contribution in [0.5, 0.6) is 5.75 Å². The standard InChI is InChI=1S/C23H28Cl2N2O3/c1-5-16(3)26-23(29)17(4)27(13-18-9-10-20(24)21(25)12-18)22(28)14-30-19-8-6-7-15(2)11-19/h6-12,16-17H,5,13-14H2,1-4H3,(H,26,29). The summed E-state index contributed by atoms with van der Waals surface area (Å²) < 4.78 is 5.67. The Bertz CT molecular complexity index is 889. The fourth-order valence-electron chi connectivity index (χ4n) is 2.82. The van der Waals surface area contributed by atoms with Crippen molar-refractivity contribution >= 4 is 35.0 Å². The molecule has 0 aliphatic carbocycles. The Labute approximate surface area is 188 Å². The molecule has 2 atom stereocenters. The maximum atomic E-state index is 13.0. The van der Waals surface area contributed by atoms with Gasteiger partial charge in [0.2, 0.25) is 5.91 Å². The summed E-state index contributed by atoms with van der Waals surface area (Å²) >= 11 is 12.1. The molecule has 2 aromatic rings. The second-order valence-electron chi connectivity index (χ2n) is 7.37. The molecule has 0 aliphatic heterocycles. The molecule has 2 amide bonds. The Kier molecular flexibility index (Phi) is 9.00. The molecule has 2 aromatic carbocycles. The summed E-state index contributed by atoms with van der Waals surface area (Å²) in [4.78, 5) is 27.2. The predicted molar refractivity (Wildman–Crippen MR) is 121 cm³/mol. The molecule has 0 bridgehead atoms. The van der Waals surface area contributed by atoms with E-state index >= 15 is 0 Å². The largest absolute Gasteiger partial charge is 0.484 e. The van der Waals surface area contributed by atoms with Gasteiger partial charge in [0.1, 0.15) is 11.8 Å². The van der Waals surface area contributed by atoms with Crippen LogP contribution in [0.15, 0.2) is 42.5 Å². The summed E-state index contributed by atoms with van der Waals surface area (Å²) in [6.07, 6.45) is 0.801. The van der Waals surface area contributed by atoms with E-state index in [0.717, 1.165) is 17.5 Å². The van der Waals surface area contributed by atoms with Crippen molar-refractivity contribution < 1.29 is 14.3 Å². The van der Waals surface area contributed by atoms with Crippen LogP contribution in [0.4, 0.5) is 0 Å².